The highest BCUT2D eigenvalue weighted by molar-refractivity contribution is 7.15. The Balaban J connectivity index is 1.70. The molecule has 1 heterocycles. The highest BCUT2D eigenvalue weighted by Crippen LogP contribution is 2.29. The van der Waals surface area contributed by atoms with Gasteiger partial charge in [0.05, 0.1) is 13.2 Å². The van der Waals surface area contributed by atoms with Crippen molar-refractivity contribution >= 4 is 17.3 Å². The van der Waals surface area contributed by atoms with E-state index in [4.69, 9.17) is 14.6 Å². The van der Waals surface area contributed by atoms with Gasteiger partial charge in [-0.15, -0.1) is 11.3 Å². The molecule has 1 aromatic carbocycles. The standard InChI is InChI=1S/C23H33NO4S/c1-3-27-23(26)21-18(2)29-22(24-21)19-12-14-20(15-13-19)28-17-11-9-7-5-4-6-8-10-16-25/h12-15,25H,3-11,16-17H2,1-2H3. The topological polar surface area (TPSA) is 68.7 Å². The molecule has 2 rings (SSSR count). The van der Waals surface area contributed by atoms with Crippen LogP contribution in [0.25, 0.3) is 10.6 Å². The SMILES string of the molecule is CCOC(=O)c1nc(-c2ccc(OCCCCCCCCCCO)cc2)sc1C. The summed E-state index contributed by atoms with van der Waals surface area (Å²) in [5, 5.41) is 9.57. The van der Waals surface area contributed by atoms with Crippen molar-refractivity contribution < 1.29 is 19.4 Å². The Bertz CT molecular complexity index is 727. The van der Waals surface area contributed by atoms with Gasteiger partial charge in [0.25, 0.3) is 0 Å². The monoisotopic (exact) mass is 419 g/mol. The van der Waals surface area contributed by atoms with E-state index in [-0.39, 0.29) is 5.97 Å². The molecule has 2 aromatic rings. The van der Waals surface area contributed by atoms with Gasteiger partial charge >= 0.3 is 5.97 Å². The summed E-state index contributed by atoms with van der Waals surface area (Å²) in [4.78, 5) is 17.2. The fourth-order valence-corrected chi connectivity index (χ4v) is 3.97. The van der Waals surface area contributed by atoms with E-state index in [0.717, 1.165) is 47.1 Å². The second kappa shape index (κ2) is 13.3. The Kier molecular flexibility index (Phi) is 10.7. The molecule has 0 amide bonds. The normalized spacial score (nSPS) is 10.9. The molecule has 0 aliphatic heterocycles. The largest absolute Gasteiger partial charge is 0.494 e. The van der Waals surface area contributed by atoms with E-state index < -0.39 is 0 Å². The zero-order valence-electron chi connectivity index (χ0n) is 17.6. The summed E-state index contributed by atoms with van der Waals surface area (Å²) in [7, 11) is 0. The first-order valence-electron chi connectivity index (χ1n) is 10.6. The number of unbranched alkanes of at least 4 members (excludes halogenated alkanes) is 7. The number of nitrogens with zero attached hydrogens (tertiary/aromatic N) is 1. The number of carbonyl (C=O) groups is 1. The summed E-state index contributed by atoms with van der Waals surface area (Å²) in [6.45, 7) is 5.08. The third-order valence-electron chi connectivity index (χ3n) is 4.69. The highest BCUT2D eigenvalue weighted by atomic mass is 32.1. The molecule has 0 unspecified atom stereocenters. The molecule has 1 aromatic heterocycles. The van der Waals surface area contributed by atoms with Crippen molar-refractivity contribution in [2.45, 2.75) is 65.2 Å². The summed E-state index contributed by atoms with van der Waals surface area (Å²) in [5.74, 6) is 0.495. The maximum Gasteiger partial charge on any atom is 0.358 e. The van der Waals surface area contributed by atoms with E-state index in [0.29, 0.717) is 18.9 Å². The molecule has 0 spiro atoms. The maximum absolute atomic E-state index is 11.9. The molecule has 0 bridgehead atoms. The zero-order chi connectivity index (χ0) is 20.9. The molecule has 6 heteroatoms. The lowest BCUT2D eigenvalue weighted by molar-refractivity contribution is 0.0519. The molecule has 0 atom stereocenters. The van der Waals surface area contributed by atoms with Gasteiger partial charge in [-0.3, -0.25) is 0 Å². The van der Waals surface area contributed by atoms with Crippen LogP contribution in [0.4, 0.5) is 0 Å². The molecule has 5 nitrogen and oxygen atoms in total. The van der Waals surface area contributed by atoms with Crippen LogP contribution >= 0.6 is 11.3 Å². The van der Waals surface area contributed by atoms with Gasteiger partial charge in [-0.25, -0.2) is 9.78 Å². The van der Waals surface area contributed by atoms with Crippen molar-refractivity contribution in [2.24, 2.45) is 0 Å². The van der Waals surface area contributed by atoms with E-state index in [2.05, 4.69) is 4.98 Å². The number of aryl methyl sites for hydroxylation is 1. The van der Waals surface area contributed by atoms with Crippen molar-refractivity contribution in [1.82, 2.24) is 4.98 Å². The van der Waals surface area contributed by atoms with Gasteiger partial charge < -0.3 is 14.6 Å². The van der Waals surface area contributed by atoms with Crippen molar-refractivity contribution in [3.05, 3.63) is 34.8 Å². The maximum atomic E-state index is 11.9. The number of rotatable bonds is 14. The number of ether oxygens (including phenoxy) is 2. The van der Waals surface area contributed by atoms with Crippen LogP contribution in [0.2, 0.25) is 0 Å². The first-order chi connectivity index (χ1) is 14.2. The van der Waals surface area contributed by atoms with Crippen LogP contribution in [0.5, 0.6) is 5.75 Å². The van der Waals surface area contributed by atoms with Crippen LogP contribution in [-0.4, -0.2) is 35.9 Å². The number of benzene rings is 1. The smallest absolute Gasteiger partial charge is 0.358 e. The van der Waals surface area contributed by atoms with Gasteiger partial charge in [-0.1, -0.05) is 38.5 Å². The molecular formula is C23H33NO4S. The Hall–Kier alpha value is -1.92. The second-order valence-electron chi connectivity index (χ2n) is 7.07. The van der Waals surface area contributed by atoms with Crippen LogP contribution in [-0.2, 0) is 4.74 Å². The van der Waals surface area contributed by atoms with E-state index >= 15 is 0 Å². The molecule has 0 aliphatic carbocycles. The first-order valence-corrected chi connectivity index (χ1v) is 11.5. The number of hydrogen-bond acceptors (Lipinski definition) is 6. The molecule has 160 valence electrons. The predicted octanol–water partition coefficient (Wildman–Crippen LogP) is 5.79. The van der Waals surface area contributed by atoms with Crippen molar-refractivity contribution in [1.29, 1.82) is 0 Å². The third kappa shape index (κ3) is 8.15. The van der Waals surface area contributed by atoms with Gasteiger partial charge in [0.15, 0.2) is 5.69 Å². The van der Waals surface area contributed by atoms with E-state index in [1.54, 1.807) is 6.92 Å². The highest BCUT2D eigenvalue weighted by Gasteiger charge is 2.17. The number of aliphatic hydroxyl groups is 1. The minimum atomic E-state index is -0.363. The molecule has 1 N–H and O–H groups in total. The van der Waals surface area contributed by atoms with Crippen molar-refractivity contribution in [2.75, 3.05) is 19.8 Å². The minimum absolute atomic E-state index is 0.316. The summed E-state index contributed by atoms with van der Waals surface area (Å²) >= 11 is 1.50. The Morgan fingerprint density at radius 1 is 1.00 bits per heavy atom. The van der Waals surface area contributed by atoms with Crippen LogP contribution in [0.15, 0.2) is 24.3 Å². The molecular weight excluding hydrogens is 386 g/mol. The average Bonchev–Trinajstić information content (AvgIpc) is 3.12. The Labute approximate surface area is 178 Å². The van der Waals surface area contributed by atoms with E-state index in [9.17, 15) is 4.79 Å². The fraction of sp³-hybridized carbons (Fsp3) is 0.565. The predicted molar refractivity (Wildman–Crippen MR) is 118 cm³/mol. The Morgan fingerprint density at radius 3 is 2.24 bits per heavy atom. The molecule has 0 fully saturated rings. The number of esters is 1. The lowest BCUT2D eigenvalue weighted by Gasteiger charge is -2.07. The lowest BCUT2D eigenvalue weighted by Crippen LogP contribution is -2.06. The van der Waals surface area contributed by atoms with Gasteiger partial charge in [0.2, 0.25) is 0 Å². The van der Waals surface area contributed by atoms with Crippen LogP contribution < -0.4 is 4.74 Å². The number of thiazole rings is 1. The van der Waals surface area contributed by atoms with E-state index in [1.807, 2.05) is 31.2 Å². The summed E-state index contributed by atoms with van der Waals surface area (Å²) in [6, 6.07) is 7.87. The minimum Gasteiger partial charge on any atom is -0.494 e. The summed E-state index contributed by atoms with van der Waals surface area (Å²) in [6.07, 6.45) is 9.32. The molecule has 0 saturated carbocycles. The van der Waals surface area contributed by atoms with Crippen LogP contribution in [0.3, 0.4) is 0 Å². The number of aliphatic hydroxyl groups excluding tert-OH is 1. The number of hydrogen-bond donors (Lipinski definition) is 1. The number of aromatic nitrogens is 1. The average molecular weight is 420 g/mol. The van der Waals surface area contributed by atoms with Crippen molar-refractivity contribution in [3.63, 3.8) is 0 Å². The number of carbonyl (C=O) groups excluding carboxylic acids is 1. The van der Waals surface area contributed by atoms with Crippen LogP contribution in [0, 0.1) is 6.92 Å². The molecule has 0 radical (unpaired) electrons. The second-order valence-corrected chi connectivity index (χ2v) is 8.27. The zero-order valence-corrected chi connectivity index (χ0v) is 18.4. The Morgan fingerprint density at radius 2 is 1.62 bits per heavy atom. The molecule has 0 saturated heterocycles. The molecule has 0 aliphatic rings. The van der Waals surface area contributed by atoms with E-state index in [1.165, 1.54) is 43.4 Å². The third-order valence-corrected chi connectivity index (χ3v) is 5.71. The van der Waals surface area contributed by atoms with Gasteiger partial charge in [-0.05, 0) is 51.0 Å². The van der Waals surface area contributed by atoms with Gasteiger partial charge in [0, 0.05) is 17.0 Å². The first kappa shape index (κ1) is 23.4. The van der Waals surface area contributed by atoms with Crippen LogP contribution in [0.1, 0.15) is 73.7 Å². The lowest BCUT2D eigenvalue weighted by atomic mass is 10.1. The molecule has 29 heavy (non-hydrogen) atoms. The van der Waals surface area contributed by atoms with Crippen molar-refractivity contribution in [3.8, 4) is 16.3 Å². The van der Waals surface area contributed by atoms with Gasteiger partial charge in [0.1, 0.15) is 10.8 Å². The van der Waals surface area contributed by atoms with Gasteiger partial charge in [-0.2, -0.15) is 0 Å². The summed E-state index contributed by atoms with van der Waals surface area (Å²) < 4.78 is 10.9. The quantitative estimate of drug-likeness (QED) is 0.310. The fourth-order valence-electron chi connectivity index (χ4n) is 3.07. The summed E-state index contributed by atoms with van der Waals surface area (Å²) in [5.41, 5.74) is 1.38.